The van der Waals surface area contributed by atoms with E-state index in [9.17, 15) is 18.3 Å². The number of rotatable bonds is 3. The molecule has 0 aliphatic heterocycles. The zero-order valence-corrected chi connectivity index (χ0v) is 11.2. The van der Waals surface area contributed by atoms with Crippen molar-refractivity contribution in [2.24, 2.45) is 0 Å². The van der Waals surface area contributed by atoms with Gasteiger partial charge in [-0.25, -0.2) is 13.2 Å². The van der Waals surface area contributed by atoms with Gasteiger partial charge in [0.05, 0.1) is 17.7 Å². The summed E-state index contributed by atoms with van der Waals surface area (Å²) in [6, 6.07) is 8.28. The molecule has 3 rings (SSSR count). The van der Waals surface area contributed by atoms with Crippen molar-refractivity contribution < 1.29 is 22.8 Å². The molecule has 3 aromatic rings. The van der Waals surface area contributed by atoms with Crippen molar-refractivity contribution in [3.8, 4) is 22.6 Å². The van der Waals surface area contributed by atoms with Gasteiger partial charge in [-0.05, 0) is 42.5 Å². The van der Waals surface area contributed by atoms with Crippen molar-refractivity contribution in [1.82, 2.24) is 5.16 Å². The van der Waals surface area contributed by atoms with Gasteiger partial charge in [-0.1, -0.05) is 5.16 Å². The summed E-state index contributed by atoms with van der Waals surface area (Å²) in [5.41, 5.74) is 0.819. The number of aromatic nitrogens is 1. The van der Waals surface area contributed by atoms with Gasteiger partial charge in [-0.3, -0.25) is 0 Å². The van der Waals surface area contributed by atoms with E-state index < -0.39 is 24.1 Å². The van der Waals surface area contributed by atoms with Crippen molar-refractivity contribution in [3.05, 3.63) is 65.5 Å². The quantitative estimate of drug-likeness (QED) is 0.798. The van der Waals surface area contributed by atoms with Crippen molar-refractivity contribution in [1.29, 1.82) is 0 Å². The smallest absolute Gasteiger partial charge is 0.176 e. The van der Waals surface area contributed by atoms with Crippen molar-refractivity contribution in [3.63, 3.8) is 0 Å². The van der Waals surface area contributed by atoms with Crippen LogP contribution in [0.15, 0.2) is 47.0 Å². The average Bonchev–Trinajstić information content (AvgIpc) is 2.94. The number of aliphatic hydroxyl groups is 1. The maximum absolute atomic E-state index is 13.9. The number of benzene rings is 2. The van der Waals surface area contributed by atoms with Gasteiger partial charge in [-0.15, -0.1) is 0 Å². The first kappa shape index (κ1) is 14.3. The zero-order chi connectivity index (χ0) is 15.7. The summed E-state index contributed by atoms with van der Waals surface area (Å²) in [5.74, 6) is -1.81. The van der Waals surface area contributed by atoms with E-state index in [0.717, 1.165) is 18.2 Å². The van der Waals surface area contributed by atoms with Gasteiger partial charge < -0.3 is 9.63 Å². The molecule has 22 heavy (non-hydrogen) atoms. The fourth-order valence-electron chi connectivity index (χ4n) is 2.17. The Morgan fingerprint density at radius 2 is 1.64 bits per heavy atom. The lowest BCUT2D eigenvalue weighted by Gasteiger charge is -2.03. The van der Waals surface area contributed by atoms with Gasteiger partial charge in [0.15, 0.2) is 5.76 Å². The maximum Gasteiger partial charge on any atom is 0.176 e. The van der Waals surface area contributed by atoms with Gasteiger partial charge in [0.1, 0.15) is 23.1 Å². The fourth-order valence-corrected chi connectivity index (χ4v) is 2.17. The SMILES string of the molecule is OCc1c(-c2ccc(F)cc2)noc1-c1cc(F)ccc1F. The van der Waals surface area contributed by atoms with E-state index in [-0.39, 0.29) is 22.6 Å². The molecule has 0 radical (unpaired) electrons. The third kappa shape index (κ3) is 2.48. The van der Waals surface area contributed by atoms with Crippen LogP contribution in [0, 0.1) is 17.5 Å². The van der Waals surface area contributed by atoms with Crippen molar-refractivity contribution in [2.45, 2.75) is 6.61 Å². The topological polar surface area (TPSA) is 46.3 Å². The van der Waals surface area contributed by atoms with Gasteiger partial charge in [-0.2, -0.15) is 0 Å². The van der Waals surface area contributed by atoms with Crippen LogP contribution in [0.5, 0.6) is 0 Å². The first-order chi connectivity index (χ1) is 10.6. The summed E-state index contributed by atoms with van der Waals surface area (Å²) in [6.45, 7) is -0.485. The molecule has 1 N–H and O–H groups in total. The molecule has 0 aliphatic carbocycles. The normalized spacial score (nSPS) is 10.9. The van der Waals surface area contributed by atoms with Gasteiger partial charge >= 0.3 is 0 Å². The van der Waals surface area contributed by atoms with Crippen LogP contribution in [0.1, 0.15) is 5.56 Å². The van der Waals surface area contributed by atoms with E-state index in [2.05, 4.69) is 5.16 Å². The Balaban J connectivity index is 2.15. The Kier molecular flexibility index (Phi) is 3.68. The molecule has 3 nitrogen and oxygen atoms in total. The van der Waals surface area contributed by atoms with E-state index in [1.54, 1.807) is 0 Å². The Morgan fingerprint density at radius 1 is 0.955 bits per heavy atom. The molecule has 0 saturated carbocycles. The highest BCUT2D eigenvalue weighted by Crippen LogP contribution is 2.34. The van der Waals surface area contributed by atoms with Crippen LogP contribution in [0.25, 0.3) is 22.6 Å². The first-order valence-electron chi connectivity index (χ1n) is 6.41. The van der Waals surface area contributed by atoms with Crippen LogP contribution < -0.4 is 0 Å². The number of aliphatic hydroxyl groups excluding tert-OH is 1. The Bertz CT molecular complexity index is 813. The van der Waals surface area contributed by atoms with E-state index in [1.165, 1.54) is 24.3 Å². The van der Waals surface area contributed by atoms with E-state index in [4.69, 9.17) is 4.52 Å². The monoisotopic (exact) mass is 305 g/mol. The molecule has 0 fully saturated rings. The lowest BCUT2D eigenvalue weighted by molar-refractivity contribution is 0.281. The highest BCUT2D eigenvalue weighted by Gasteiger charge is 2.21. The standard InChI is InChI=1S/C16H10F3NO2/c17-10-3-1-9(2-4-10)15-13(8-21)16(22-20-15)12-7-11(18)5-6-14(12)19/h1-7,21H,8H2. The second-order valence-corrected chi connectivity index (χ2v) is 4.63. The molecular weight excluding hydrogens is 295 g/mol. The second-order valence-electron chi connectivity index (χ2n) is 4.63. The van der Waals surface area contributed by atoms with Crippen molar-refractivity contribution >= 4 is 0 Å². The minimum Gasteiger partial charge on any atom is -0.391 e. The van der Waals surface area contributed by atoms with Gasteiger partial charge in [0, 0.05) is 5.56 Å². The summed E-state index contributed by atoms with van der Waals surface area (Å²) < 4.78 is 45.2. The molecule has 2 aromatic carbocycles. The minimum absolute atomic E-state index is 0.0566. The molecule has 0 aliphatic rings. The maximum atomic E-state index is 13.9. The lowest BCUT2D eigenvalue weighted by atomic mass is 10.0. The molecule has 1 aromatic heterocycles. The van der Waals surface area contributed by atoms with E-state index in [0.29, 0.717) is 5.56 Å². The number of hydrogen-bond acceptors (Lipinski definition) is 3. The van der Waals surface area contributed by atoms with Crippen LogP contribution >= 0.6 is 0 Å². The summed E-state index contributed by atoms with van der Waals surface area (Å²) in [7, 11) is 0. The average molecular weight is 305 g/mol. The highest BCUT2D eigenvalue weighted by molar-refractivity contribution is 5.72. The number of nitrogens with zero attached hydrogens (tertiary/aromatic N) is 1. The minimum atomic E-state index is -0.696. The summed E-state index contributed by atoms with van der Waals surface area (Å²) >= 11 is 0. The Labute approximate surface area is 123 Å². The summed E-state index contributed by atoms with van der Waals surface area (Å²) in [5, 5.41) is 13.3. The van der Waals surface area contributed by atoms with Crippen LogP contribution in [0.2, 0.25) is 0 Å². The molecular formula is C16H10F3NO2. The Morgan fingerprint density at radius 3 is 2.32 bits per heavy atom. The lowest BCUT2D eigenvalue weighted by Crippen LogP contribution is -1.92. The molecule has 1 heterocycles. The molecule has 0 bridgehead atoms. The van der Waals surface area contributed by atoms with Crippen LogP contribution in [-0.4, -0.2) is 10.3 Å². The molecule has 0 spiro atoms. The molecule has 0 saturated heterocycles. The molecule has 0 unspecified atom stereocenters. The van der Waals surface area contributed by atoms with Crippen LogP contribution in [0.4, 0.5) is 13.2 Å². The van der Waals surface area contributed by atoms with Gasteiger partial charge in [0.25, 0.3) is 0 Å². The van der Waals surface area contributed by atoms with Crippen LogP contribution in [-0.2, 0) is 6.61 Å². The number of hydrogen-bond donors (Lipinski definition) is 1. The highest BCUT2D eigenvalue weighted by atomic mass is 19.1. The fraction of sp³-hybridized carbons (Fsp3) is 0.0625. The third-order valence-electron chi connectivity index (χ3n) is 3.24. The predicted octanol–water partition coefficient (Wildman–Crippen LogP) is 3.92. The number of halogens is 3. The summed E-state index contributed by atoms with van der Waals surface area (Å²) in [4.78, 5) is 0. The van der Waals surface area contributed by atoms with Crippen molar-refractivity contribution in [2.75, 3.05) is 0 Å². The molecule has 112 valence electrons. The largest absolute Gasteiger partial charge is 0.391 e. The van der Waals surface area contributed by atoms with Crippen LogP contribution in [0.3, 0.4) is 0 Å². The molecule has 0 atom stereocenters. The second kappa shape index (κ2) is 5.65. The predicted molar refractivity (Wildman–Crippen MR) is 73.2 cm³/mol. The third-order valence-corrected chi connectivity index (χ3v) is 3.24. The molecule has 6 heteroatoms. The van der Waals surface area contributed by atoms with E-state index in [1.807, 2.05) is 0 Å². The van der Waals surface area contributed by atoms with Gasteiger partial charge in [0.2, 0.25) is 0 Å². The summed E-state index contributed by atoms with van der Waals surface area (Å²) in [6.07, 6.45) is 0. The van der Waals surface area contributed by atoms with E-state index >= 15 is 0 Å². The molecule has 0 amide bonds. The zero-order valence-electron chi connectivity index (χ0n) is 11.2. The first-order valence-corrected chi connectivity index (χ1v) is 6.41. The Hall–Kier alpha value is -2.60.